The third-order valence-electron chi connectivity index (χ3n) is 9.05. The highest BCUT2D eigenvalue weighted by Crippen LogP contribution is 2.33. The van der Waals surface area contributed by atoms with Crippen molar-refractivity contribution in [2.75, 3.05) is 0 Å². The molecule has 0 aliphatic carbocycles. The monoisotopic (exact) mass is 619 g/mol. The summed E-state index contributed by atoms with van der Waals surface area (Å²) in [5, 5.41) is 21.0. The quantitative estimate of drug-likeness (QED) is 0.166. The van der Waals surface area contributed by atoms with E-state index in [9.17, 15) is 5.11 Å². The lowest BCUT2D eigenvalue weighted by Crippen LogP contribution is -2.21. The fraction of sp³-hybridized carbons (Fsp3) is 0.0455. The molecule has 7 aromatic carbocycles. The van der Waals surface area contributed by atoms with Crippen LogP contribution in [0, 0.1) is 0 Å². The van der Waals surface area contributed by atoms with Crippen LogP contribution < -0.4 is 5.32 Å². The first kappa shape index (κ1) is 29.5. The van der Waals surface area contributed by atoms with Gasteiger partial charge in [-0.25, -0.2) is 9.97 Å². The molecule has 0 radical (unpaired) electrons. The van der Waals surface area contributed by atoms with Crippen LogP contribution in [0.5, 0.6) is 0 Å². The molecule has 1 unspecified atom stereocenters. The lowest BCUT2D eigenvalue weighted by atomic mass is 9.96. The Labute approximate surface area is 279 Å². The predicted octanol–water partition coefficient (Wildman–Crippen LogP) is 10.4. The van der Waals surface area contributed by atoms with Crippen molar-refractivity contribution in [2.45, 2.75) is 12.8 Å². The molecule has 230 valence electrons. The second-order valence-corrected chi connectivity index (χ2v) is 12.1. The largest absolute Gasteiger partial charge is 0.374 e. The summed E-state index contributed by atoms with van der Waals surface area (Å²) in [5.74, 6) is 0.665. The van der Waals surface area contributed by atoms with E-state index < -0.39 is 6.23 Å². The zero-order valence-electron chi connectivity index (χ0n) is 26.3. The molecule has 0 aliphatic rings. The zero-order chi connectivity index (χ0) is 32.5. The third kappa shape index (κ3) is 5.75. The number of hydrogen-bond donors (Lipinski definition) is 2. The Morgan fingerprint density at radius 3 is 1.73 bits per heavy atom. The molecular formula is C44H33N3O. The van der Waals surface area contributed by atoms with Gasteiger partial charge < -0.3 is 5.11 Å². The first-order valence-corrected chi connectivity index (χ1v) is 16.2. The lowest BCUT2D eigenvalue weighted by Gasteiger charge is -2.17. The molecule has 1 heterocycles. The Bertz CT molecular complexity index is 2350. The third-order valence-corrected chi connectivity index (χ3v) is 9.05. The molecule has 1 aromatic heterocycles. The predicted molar refractivity (Wildman–Crippen MR) is 199 cm³/mol. The SMILES string of the molecule is C=Cc1ccc2cc(-c3nc(-c4ccc5ccccc5c4)cc(-c4ccc5ccccc5c4)n3)ccc2c1CNC(O)c1ccccc1. The molecule has 0 bridgehead atoms. The minimum Gasteiger partial charge on any atom is -0.374 e. The topological polar surface area (TPSA) is 58.0 Å². The van der Waals surface area contributed by atoms with Crippen LogP contribution in [0.4, 0.5) is 0 Å². The van der Waals surface area contributed by atoms with Crippen molar-refractivity contribution in [1.82, 2.24) is 15.3 Å². The molecule has 0 saturated carbocycles. The summed E-state index contributed by atoms with van der Waals surface area (Å²) in [6.45, 7) is 4.53. The van der Waals surface area contributed by atoms with Gasteiger partial charge in [0.25, 0.3) is 0 Å². The van der Waals surface area contributed by atoms with Gasteiger partial charge in [0.1, 0.15) is 6.23 Å². The minimum atomic E-state index is -0.779. The number of hydrogen-bond acceptors (Lipinski definition) is 4. The fourth-order valence-electron chi connectivity index (χ4n) is 6.46. The molecule has 0 aliphatic heterocycles. The Morgan fingerprint density at radius 2 is 1.10 bits per heavy atom. The number of aromatic nitrogens is 2. The summed E-state index contributed by atoms with van der Waals surface area (Å²) in [4.78, 5) is 10.3. The summed E-state index contributed by atoms with van der Waals surface area (Å²) >= 11 is 0. The van der Waals surface area contributed by atoms with Crippen molar-refractivity contribution >= 4 is 38.4 Å². The van der Waals surface area contributed by atoms with E-state index in [1.54, 1.807) is 0 Å². The van der Waals surface area contributed by atoms with Crippen LogP contribution in [-0.4, -0.2) is 15.1 Å². The molecule has 0 fully saturated rings. The van der Waals surface area contributed by atoms with Crippen LogP contribution in [-0.2, 0) is 6.54 Å². The van der Waals surface area contributed by atoms with Crippen molar-refractivity contribution in [1.29, 1.82) is 0 Å². The van der Waals surface area contributed by atoms with E-state index in [0.717, 1.165) is 55.5 Å². The summed E-state index contributed by atoms with van der Waals surface area (Å²) in [6, 6.07) is 52.1. The Balaban J connectivity index is 1.23. The van der Waals surface area contributed by atoms with E-state index in [4.69, 9.17) is 9.97 Å². The van der Waals surface area contributed by atoms with Gasteiger partial charge in [-0.1, -0.05) is 140 Å². The average Bonchev–Trinajstić information content (AvgIpc) is 3.16. The van der Waals surface area contributed by atoms with Gasteiger partial charge >= 0.3 is 0 Å². The van der Waals surface area contributed by atoms with Crippen molar-refractivity contribution in [3.05, 3.63) is 175 Å². The molecule has 1 atom stereocenters. The van der Waals surface area contributed by atoms with Gasteiger partial charge in [-0.15, -0.1) is 0 Å². The second kappa shape index (κ2) is 12.7. The molecule has 0 saturated heterocycles. The number of nitrogens with zero attached hydrogens (tertiary/aromatic N) is 2. The van der Waals surface area contributed by atoms with Gasteiger partial charge in [-0.05, 0) is 73.3 Å². The number of fused-ring (bicyclic) bond motifs is 3. The molecule has 2 N–H and O–H groups in total. The highest BCUT2D eigenvalue weighted by Gasteiger charge is 2.15. The molecule has 8 aromatic rings. The minimum absolute atomic E-state index is 0.480. The van der Waals surface area contributed by atoms with E-state index in [1.807, 2.05) is 36.4 Å². The molecular weight excluding hydrogens is 587 g/mol. The van der Waals surface area contributed by atoms with Crippen LogP contribution in [0.2, 0.25) is 0 Å². The van der Waals surface area contributed by atoms with Crippen LogP contribution >= 0.6 is 0 Å². The van der Waals surface area contributed by atoms with Crippen molar-refractivity contribution < 1.29 is 5.11 Å². The van der Waals surface area contributed by atoms with Crippen molar-refractivity contribution in [3.63, 3.8) is 0 Å². The maximum atomic E-state index is 10.8. The average molecular weight is 620 g/mol. The molecule has 4 nitrogen and oxygen atoms in total. The first-order valence-electron chi connectivity index (χ1n) is 16.2. The van der Waals surface area contributed by atoms with Gasteiger partial charge in [-0.2, -0.15) is 0 Å². The van der Waals surface area contributed by atoms with Gasteiger partial charge in [0.15, 0.2) is 5.82 Å². The Morgan fingerprint density at radius 1 is 0.562 bits per heavy atom. The highest BCUT2D eigenvalue weighted by molar-refractivity contribution is 5.93. The van der Waals surface area contributed by atoms with Gasteiger partial charge in [0.2, 0.25) is 0 Å². The Kier molecular flexibility index (Phi) is 7.79. The summed E-state index contributed by atoms with van der Waals surface area (Å²) < 4.78 is 0. The fourth-order valence-corrected chi connectivity index (χ4v) is 6.46. The van der Waals surface area contributed by atoms with Crippen LogP contribution in [0.3, 0.4) is 0 Å². The maximum Gasteiger partial charge on any atom is 0.160 e. The normalized spacial score (nSPS) is 12.0. The lowest BCUT2D eigenvalue weighted by molar-refractivity contribution is 0.137. The second-order valence-electron chi connectivity index (χ2n) is 12.1. The van der Waals surface area contributed by atoms with E-state index in [0.29, 0.717) is 12.4 Å². The van der Waals surface area contributed by atoms with Crippen LogP contribution in [0.25, 0.3) is 72.3 Å². The summed E-state index contributed by atoms with van der Waals surface area (Å²) in [7, 11) is 0. The molecule has 48 heavy (non-hydrogen) atoms. The first-order chi connectivity index (χ1) is 23.6. The zero-order valence-corrected chi connectivity index (χ0v) is 26.3. The highest BCUT2D eigenvalue weighted by atomic mass is 16.3. The van der Waals surface area contributed by atoms with Crippen LogP contribution in [0.1, 0.15) is 22.9 Å². The molecule has 0 amide bonds. The smallest absolute Gasteiger partial charge is 0.160 e. The molecule has 0 spiro atoms. The maximum absolute atomic E-state index is 10.8. The number of nitrogens with one attached hydrogen (secondary N) is 1. The number of benzene rings is 7. The van der Waals surface area contributed by atoms with E-state index in [1.165, 1.54) is 21.5 Å². The standard InChI is InChI=1S/C44H33N3O/c1-2-29-16-19-35-26-38(22-23-39(35)40(29)28-45-44(48)32-12-4-3-5-13-32)43-46-41(36-20-17-30-10-6-8-14-33(30)24-36)27-42(47-43)37-21-18-31-11-7-9-15-34(31)25-37/h2-27,44-45,48H,1,28H2. The molecule has 8 rings (SSSR count). The van der Waals surface area contributed by atoms with E-state index in [-0.39, 0.29) is 0 Å². The number of aliphatic hydroxyl groups excluding tert-OH is 1. The number of aliphatic hydroxyl groups is 1. The van der Waals surface area contributed by atoms with Crippen molar-refractivity contribution in [2.24, 2.45) is 0 Å². The molecule has 4 heteroatoms. The number of rotatable bonds is 8. The summed E-state index contributed by atoms with van der Waals surface area (Å²) in [6.07, 6.45) is 1.09. The van der Waals surface area contributed by atoms with E-state index >= 15 is 0 Å². The summed E-state index contributed by atoms with van der Waals surface area (Å²) in [5.41, 5.74) is 7.68. The van der Waals surface area contributed by atoms with Crippen molar-refractivity contribution in [3.8, 4) is 33.9 Å². The van der Waals surface area contributed by atoms with Crippen LogP contribution in [0.15, 0.2) is 158 Å². The van der Waals surface area contributed by atoms with Gasteiger partial charge in [0, 0.05) is 23.2 Å². The van der Waals surface area contributed by atoms with E-state index in [2.05, 4.69) is 133 Å². The Hall–Kier alpha value is -5.94. The van der Waals surface area contributed by atoms with Gasteiger partial charge in [0.05, 0.1) is 11.4 Å². The van der Waals surface area contributed by atoms with Gasteiger partial charge in [-0.3, -0.25) is 5.32 Å².